The van der Waals surface area contributed by atoms with Crippen molar-refractivity contribution in [2.45, 2.75) is 5.03 Å². The number of sulfonamides is 1. The molecule has 21 heavy (non-hydrogen) atoms. The molecule has 0 aromatic carbocycles. The molecule has 0 aliphatic carbocycles. The van der Waals surface area contributed by atoms with E-state index in [9.17, 15) is 8.42 Å². The van der Waals surface area contributed by atoms with Crippen molar-refractivity contribution >= 4 is 53.9 Å². The first-order valence-corrected chi connectivity index (χ1v) is 8.80. The maximum atomic E-state index is 12.6. The number of halogens is 1. The van der Waals surface area contributed by atoms with Crippen molar-refractivity contribution in [2.24, 2.45) is 0 Å². The van der Waals surface area contributed by atoms with E-state index in [-0.39, 0.29) is 16.7 Å². The quantitative estimate of drug-likeness (QED) is 0.706. The Bertz CT molecular complexity index is 886. The van der Waals surface area contributed by atoms with Gasteiger partial charge in [-0.3, -0.25) is 9.12 Å². The predicted molar refractivity (Wildman–Crippen MR) is 83.2 cm³/mol. The van der Waals surface area contributed by atoms with Crippen molar-refractivity contribution < 1.29 is 8.42 Å². The molecule has 8 nitrogen and oxygen atoms in total. The van der Waals surface area contributed by atoms with E-state index in [1.54, 1.807) is 18.6 Å². The van der Waals surface area contributed by atoms with E-state index in [0.717, 1.165) is 0 Å². The van der Waals surface area contributed by atoms with Gasteiger partial charge in [-0.25, -0.2) is 15.0 Å². The SMILES string of the molecule is CNc1nc2sccn2c1S(=O)(=O)Nc1cnc(Br)cn1. The summed E-state index contributed by atoms with van der Waals surface area (Å²) in [6.45, 7) is 0. The van der Waals surface area contributed by atoms with Gasteiger partial charge in [0.15, 0.2) is 16.6 Å². The lowest BCUT2D eigenvalue weighted by atomic mass is 10.7. The molecule has 11 heteroatoms. The summed E-state index contributed by atoms with van der Waals surface area (Å²) in [6, 6.07) is 0. The maximum Gasteiger partial charge on any atom is 0.282 e. The van der Waals surface area contributed by atoms with Crippen molar-refractivity contribution in [1.29, 1.82) is 0 Å². The van der Waals surface area contributed by atoms with Crippen LogP contribution >= 0.6 is 27.3 Å². The summed E-state index contributed by atoms with van der Waals surface area (Å²) in [5, 5.41) is 4.58. The first-order valence-electron chi connectivity index (χ1n) is 5.65. The molecule has 3 aromatic heterocycles. The molecule has 0 radical (unpaired) electrons. The number of rotatable bonds is 4. The van der Waals surface area contributed by atoms with Crippen LogP contribution in [0, 0.1) is 0 Å². The van der Waals surface area contributed by atoms with Crippen molar-refractivity contribution in [3.05, 3.63) is 28.6 Å². The molecule has 0 saturated carbocycles. The lowest BCUT2D eigenvalue weighted by molar-refractivity contribution is 0.597. The summed E-state index contributed by atoms with van der Waals surface area (Å²) in [7, 11) is -2.23. The number of hydrogen-bond acceptors (Lipinski definition) is 7. The van der Waals surface area contributed by atoms with Gasteiger partial charge in [0, 0.05) is 18.6 Å². The molecule has 0 amide bonds. The lowest BCUT2D eigenvalue weighted by Crippen LogP contribution is -2.17. The first kappa shape index (κ1) is 14.2. The molecule has 0 aliphatic rings. The molecule has 0 spiro atoms. The second-order valence-electron chi connectivity index (χ2n) is 3.90. The minimum absolute atomic E-state index is 0.0333. The second-order valence-corrected chi connectivity index (χ2v) is 7.18. The molecule has 2 N–H and O–H groups in total. The summed E-state index contributed by atoms with van der Waals surface area (Å²) < 4.78 is 29.5. The van der Waals surface area contributed by atoms with Crippen LogP contribution in [0.5, 0.6) is 0 Å². The third-order valence-electron chi connectivity index (χ3n) is 2.57. The predicted octanol–water partition coefficient (Wildman–Crippen LogP) is 1.79. The van der Waals surface area contributed by atoms with Crippen LogP contribution in [-0.2, 0) is 10.0 Å². The Balaban J connectivity index is 2.07. The number of nitrogens with one attached hydrogen (secondary N) is 2. The summed E-state index contributed by atoms with van der Waals surface area (Å²) in [6.07, 6.45) is 4.38. The fourth-order valence-electron chi connectivity index (χ4n) is 1.74. The fourth-order valence-corrected chi connectivity index (χ4v) is 4.00. The second kappa shape index (κ2) is 5.24. The van der Waals surface area contributed by atoms with Gasteiger partial charge in [0.25, 0.3) is 10.0 Å². The van der Waals surface area contributed by atoms with Crippen LogP contribution in [0.25, 0.3) is 4.96 Å². The molecule has 0 unspecified atom stereocenters. The Kier molecular flexibility index (Phi) is 3.55. The average Bonchev–Trinajstić information content (AvgIpc) is 3.00. The van der Waals surface area contributed by atoms with E-state index in [1.807, 2.05) is 0 Å². The van der Waals surface area contributed by atoms with Gasteiger partial charge in [0.1, 0.15) is 4.60 Å². The zero-order valence-corrected chi connectivity index (χ0v) is 13.8. The van der Waals surface area contributed by atoms with E-state index in [4.69, 9.17) is 0 Å². The van der Waals surface area contributed by atoms with Crippen LogP contribution in [0.15, 0.2) is 33.6 Å². The summed E-state index contributed by atoms with van der Waals surface area (Å²) in [5.41, 5.74) is 0. The van der Waals surface area contributed by atoms with Crippen molar-refractivity contribution in [2.75, 3.05) is 17.1 Å². The molecule has 3 aromatic rings. The van der Waals surface area contributed by atoms with Crippen LogP contribution < -0.4 is 10.0 Å². The zero-order valence-electron chi connectivity index (χ0n) is 10.6. The van der Waals surface area contributed by atoms with Gasteiger partial charge in [-0.2, -0.15) is 8.42 Å². The van der Waals surface area contributed by atoms with Gasteiger partial charge in [-0.1, -0.05) is 0 Å². The number of aromatic nitrogens is 4. The van der Waals surface area contributed by atoms with Crippen LogP contribution in [0.2, 0.25) is 0 Å². The number of thiazole rings is 1. The van der Waals surface area contributed by atoms with E-state index in [1.165, 1.54) is 28.1 Å². The largest absolute Gasteiger partial charge is 0.371 e. The summed E-state index contributed by atoms with van der Waals surface area (Å²) in [4.78, 5) is 12.7. The molecule has 3 rings (SSSR count). The first-order chi connectivity index (χ1) is 10.0. The lowest BCUT2D eigenvalue weighted by Gasteiger charge is -2.07. The molecule has 110 valence electrons. The average molecular weight is 389 g/mol. The highest BCUT2D eigenvalue weighted by molar-refractivity contribution is 9.10. The number of fused-ring (bicyclic) bond motifs is 1. The number of imidazole rings is 1. The standard InChI is InChI=1S/C10H9BrN6O2S2/c1-12-8-9(17-2-3-20-10(17)15-8)21(18,19)16-7-5-13-6(11)4-14-7/h2-5,12H,1H3,(H,14,16). The van der Waals surface area contributed by atoms with E-state index in [2.05, 4.69) is 40.9 Å². The van der Waals surface area contributed by atoms with Gasteiger partial charge in [-0.05, 0) is 15.9 Å². The Hall–Kier alpha value is -1.72. The Labute approximate surface area is 132 Å². The molecule has 0 fully saturated rings. The summed E-state index contributed by atoms with van der Waals surface area (Å²) in [5.74, 6) is 0.407. The van der Waals surface area contributed by atoms with Crippen molar-refractivity contribution in [3.63, 3.8) is 0 Å². The van der Waals surface area contributed by atoms with Crippen molar-refractivity contribution in [3.8, 4) is 0 Å². The number of hydrogen-bond donors (Lipinski definition) is 2. The van der Waals surface area contributed by atoms with E-state index in [0.29, 0.717) is 9.56 Å². The Morgan fingerprint density at radius 1 is 1.33 bits per heavy atom. The van der Waals surface area contributed by atoms with E-state index >= 15 is 0 Å². The number of nitrogens with zero attached hydrogens (tertiary/aromatic N) is 4. The maximum absolute atomic E-state index is 12.6. The Morgan fingerprint density at radius 3 is 2.81 bits per heavy atom. The fraction of sp³-hybridized carbons (Fsp3) is 0.100. The zero-order chi connectivity index (χ0) is 15.0. The minimum atomic E-state index is -3.85. The van der Waals surface area contributed by atoms with Gasteiger partial charge in [0.05, 0.1) is 12.4 Å². The van der Waals surface area contributed by atoms with Gasteiger partial charge in [0.2, 0.25) is 5.03 Å². The highest BCUT2D eigenvalue weighted by atomic mass is 79.9. The highest BCUT2D eigenvalue weighted by Gasteiger charge is 2.26. The normalized spacial score (nSPS) is 11.7. The monoisotopic (exact) mass is 388 g/mol. The molecule has 3 heterocycles. The summed E-state index contributed by atoms with van der Waals surface area (Å²) >= 11 is 4.49. The molecular weight excluding hydrogens is 380 g/mol. The van der Waals surface area contributed by atoms with Crippen LogP contribution in [0.4, 0.5) is 11.6 Å². The van der Waals surface area contributed by atoms with Crippen LogP contribution in [0.1, 0.15) is 0 Å². The van der Waals surface area contributed by atoms with Gasteiger partial charge < -0.3 is 5.32 Å². The molecule has 0 bridgehead atoms. The van der Waals surface area contributed by atoms with Crippen LogP contribution in [-0.4, -0.2) is 34.8 Å². The third-order valence-corrected chi connectivity index (χ3v) is 5.11. The topological polar surface area (TPSA) is 101 Å². The third kappa shape index (κ3) is 2.59. The minimum Gasteiger partial charge on any atom is -0.371 e. The van der Waals surface area contributed by atoms with Gasteiger partial charge >= 0.3 is 0 Å². The number of anilines is 2. The molecule has 0 atom stereocenters. The Morgan fingerprint density at radius 2 is 2.14 bits per heavy atom. The smallest absolute Gasteiger partial charge is 0.282 e. The molecular formula is C10H9BrN6O2S2. The van der Waals surface area contributed by atoms with Crippen LogP contribution in [0.3, 0.4) is 0 Å². The van der Waals surface area contributed by atoms with E-state index < -0.39 is 10.0 Å². The van der Waals surface area contributed by atoms with Crippen molar-refractivity contribution in [1.82, 2.24) is 19.4 Å². The van der Waals surface area contributed by atoms with Gasteiger partial charge in [-0.15, -0.1) is 11.3 Å². The highest BCUT2D eigenvalue weighted by Crippen LogP contribution is 2.26. The molecule has 0 aliphatic heterocycles. The molecule has 0 saturated heterocycles.